The van der Waals surface area contributed by atoms with Crippen LogP contribution >= 0.6 is 0 Å². The Bertz CT molecular complexity index is 2740. The lowest BCUT2D eigenvalue weighted by atomic mass is 9.74. The fourth-order valence-electron chi connectivity index (χ4n) is 9.56. The lowest BCUT2D eigenvalue weighted by Gasteiger charge is -2.29. The summed E-state index contributed by atoms with van der Waals surface area (Å²) in [6, 6.07) is 66.7. The Morgan fingerprint density at radius 3 is 0.938 bits per heavy atom. The van der Waals surface area contributed by atoms with E-state index in [9.17, 15) is 0 Å². The minimum atomic E-state index is -0.159. The van der Waals surface area contributed by atoms with E-state index < -0.39 is 0 Å². The predicted octanol–water partition coefficient (Wildman–Crippen LogP) is 15.0. The van der Waals surface area contributed by atoms with E-state index in [1.165, 1.54) is 38.9 Å². The number of anilines is 6. The predicted molar refractivity (Wildman–Crippen MR) is 263 cm³/mol. The first kappa shape index (κ1) is 41.9. The van der Waals surface area contributed by atoms with Crippen molar-refractivity contribution in [1.29, 1.82) is 0 Å². The minimum absolute atomic E-state index is 0.0256. The van der Waals surface area contributed by atoms with Gasteiger partial charge >= 0.3 is 0 Å². The normalized spacial score (nSPS) is 14.9. The third kappa shape index (κ3) is 8.04. The van der Waals surface area contributed by atoms with E-state index in [1.54, 1.807) is 28.4 Å². The zero-order chi connectivity index (χ0) is 44.4. The number of nitrogens with zero attached hydrogens (tertiary/aromatic N) is 2. The van der Waals surface area contributed by atoms with Crippen LogP contribution < -0.4 is 28.7 Å². The molecule has 0 aromatic heterocycles. The summed E-state index contributed by atoms with van der Waals surface area (Å²) in [6.45, 7) is 7.19. The van der Waals surface area contributed by atoms with Gasteiger partial charge in [-0.3, -0.25) is 0 Å². The van der Waals surface area contributed by atoms with Crippen molar-refractivity contribution in [2.24, 2.45) is 0 Å². The van der Waals surface area contributed by atoms with Gasteiger partial charge < -0.3 is 28.7 Å². The maximum Gasteiger partial charge on any atom is 0.119 e. The molecule has 8 aromatic rings. The van der Waals surface area contributed by atoms with Gasteiger partial charge in [-0.1, -0.05) is 81.4 Å². The highest BCUT2D eigenvalue weighted by Crippen LogP contribution is 2.54. The average molecular weight is 843 g/mol. The summed E-state index contributed by atoms with van der Waals surface area (Å²) in [7, 11) is 6.77. The first-order valence-electron chi connectivity index (χ1n) is 21.7. The second kappa shape index (κ2) is 17.4. The molecule has 0 bridgehead atoms. The van der Waals surface area contributed by atoms with Crippen molar-refractivity contribution in [2.45, 2.75) is 38.0 Å². The maximum atomic E-state index is 5.47. The standard InChI is InChI=1S/C58H54N2O4/c1-57(2)39-58(3,44-15-8-40(9-16-44)41-10-17-45(18-11-41)59(47-21-29-51(61-4)30-22-47)48-23-31-52(62-5)32-24-48)56-38-43(14-37-55(56)57)42-12-19-46(20-13-42)60(49-25-33-53(63-6)34-26-49)50-27-35-54(64-7)36-28-50/h8-38H,39H2,1-7H3. The number of fused-ring (bicyclic) bond motifs is 1. The van der Waals surface area contributed by atoms with E-state index in [4.69, 9.17) is 18.9 Å². The third-order valence-corrected chi connectivity index (χ3v) is 12.9. The average Bonchev–Trinajstić information content (AvgIpc) is 3.57. The van der Waals surface area contributed by atoms with Gasteiger partial charge in [0.25, 0.3) is 0 Å². The quantitative estimate of drug-likeness (QED) is 0.115. The highest BCUT2D eigenvalue weighted by atomic mass is 16.5. The molecule has 0 fully saturated rings. The third-order valence-electron chi connectivity index (χ3n) is 12.9. The smallest absolute Gasteiger partial charge is 0.119 e. The molecule has 320 valence electrons. The molecule has 0 spiro atoms. The number of hydrogen-bond acceptors (Lipinski definition) is 6. The van der Waals surface area contributed by atoms with Crippen LogP contribution in [-0.2, 0) is 10.8 Å². The van der Waals surface area contributed by atoms with E-state index in [-0.39, 0.29) is 10.8 Å². The van der Waals surface area contributed by atoms with Gasteiger partial charge in [0.15, 0.2) is 0 Å². The topological polar surface area (TPSA) is 43.4 Å². The van der Waals surface area contributed by atoms with E-state index in [0.29, 0.717) is 0 Å². The summed E-state index contributed by atoms with van der Waals surface area (Å²) in [4.78, 5) is 4.50. The van der Waals surface area contributed by atoms with Crippen molar-refractivity contribution in [1.82, 2.24) is 0 Å². The van der Waals surface area contributed by atoms with Crippen molar-refractivity contribution in [3.05, 3.63) is 205 Å². The van der Waals surface area contributed by atoms with Crippen molar-refractivity contribution < 1.29 is 18.9 Å². The van der Waals surface area contributed by atoms with Gasteiger partial charge in [-0.25, -0.2) is 0 Å². The molecule has 64 heavy (non-hydrogen) atoms. The van der Waals surface area contributed by atoms with Crippen LogP contribution in [0.3, 0.4) is 0 Å². The van der Waals surface area contributed by atoms with Gasteiger partial charge in [0.05, 0.1) is 28.4 Å². The molecular weight excluding hydrogens is 789 g/mol. The zero-order valence-electron chi connectivity index (χ0n) is 37.6. The highest BCUT2D eigenvalue weighted by molar-refractivity contribution is 5.81. The van der Waals surface area contributed by atoms with Crippen molar-refractivity contribution >= 4 is 34.1 Å². The SMILES string of the molecule is COc1ccc(N(c2ccc(OC)cc2)c2ccc(-c3ccc(C4(C)CC(C)(C)c5ccc(-c6ccc(N(c7ccc(OC)cc7)c7ccc(OC)cc7)cc6)cc54)cc3)cc2)cc1. The summed E-state index contributed by atoms with van der Waals surface area (Å²) < 4.78 is 21.8. The van der Waals surface area contributed by atoms with Gasteiger partial charge in [0, 0.05) is 39.5 Å². The number of benzene rings is 8. The van der Waals surface area contributed by atoms with Crippen LogP contribution in [0.1, 0.15) is 43.9 Å². The Hall–Kier alpha value is -7.44. The molecule has 1 atom stereocenters. The monoisotopic (exact) mass is 842 g/mol. The number of methoxy groups -OCH3 is 4. The minimum Gasteiger partial charge on any atom is -0.497 e. The Balaban J connectivity index is 0.990. The molecule has 0 N–H and O–H groups in total. The van der Waals surface area contributed by atoms with Gasteiger partial charge in [0.2, 0.25) is 0 Å². The highest BCUT2D eigenvalue weighted by Gasteiger charge is 2.45. The molecule has 6 heteroatoms. The van der Waals surface area contributed by atoms with Crippen LogP contribution in [0.4, 0.5) is 34.1 Å². The molecular formula is C58H54N2O4. The molecule has 1 aliphatic carbocycles. The van der Waals surface area contributed by atoms with Crippen LogP contribution in [0.25, 0.3) is 22.3 Å². The maximum absolute atomic E-state index is 5.47. The number of hydrogen-bond donors (Lipinski definition) is 0. The molecule has 0 heterocycles. The first-order chi connectivity index (χ1) is 31.1. The van der Waals surface area contributed by atoms with Gasteiger partial charge in [-0.15, -0.1) is 0 Å². The van der Waals surface area contributed by atoms with E-state index in [2.05, 4.69) is 170 Å². The molecule has 1 aliphatic rings. The summed E-state index contributed by atoms with van der Waals surface area (Å²) in [5.41, 5.74) is 15.0. The van der Waals surface area contributed by atoms with Crippen molar-refractivity contribution in [3.8, 4) is 45.3 Å². The lowest BCUT2D eigenvalue weighted by molar-refractivity contribution is 0.414. The molecule has 0 saturated heterocycles. The second-order valence-corrected chi connectivity index (χ2v) is 17.3. The number of ether oxygens (including phenoxy) is 4. The van der Waals surface area contributed by atoms with Crippen molar-refractivity contribution in [2.75, 3.05) is 38.2 Å². The molecule has 1 unspecified atom stereocenters. The van der Waals surface area contributed by atoms with Gasteiger partial charge in [0.1, 0.15) is 23.0 Å². The molecule has 0 aliphatic heterocycles. The summed E-state index contributed by atoms with van der Waals surface area (Å²) >= 11 is 0. The van der Waals surface area contributed by atoms with Crippen molar-refractivity contribution in [3.63, 3.8) is 0 Å². The Labute approximate surface area is 377 Å². The van der Waals surface area contributed by atoms with Crippen LogP contribution in [0, 0.1) is 0 Å². The van der Waals surface area contributed by atoms with Crippen LogP contribution in [-0.4, -0.2) is 28.4 Å². The Morgan fingerprint density at radius 1 is 0.328 bits per heavy atom. The molecule has 6 nitrogen and oxygen atoms in total. The molecule has 0 radical (unpaired) electrons. The van der Waals surface area contributed by atoms with Crippen LogP contribution in [0.5, 0.6) is 23.0 Å². The fourth-order valence-corrected chi connectivity index (χ4v) is 9.56. The largest absolute Gasteiger partial charge is 0.497 e. The van der Waals surface area contributed by atoms with Crippen LogP contribution in [0.15, 0.2) is 188 Å². The molecule has 0 saturated carbocycles. The second-order valence-electron chi connectivity index (χ2n) is 17.3. The Kier molecular flexibility index (Phi) is 11.4. The summed E-state index contributed by atoms with van der Waals surface area (Å²) in [5.74, 6) is 3.28. The Morgan fingerprint density at radius 2 is 0.609 bits per heavy atom. The summed E-state index contributed by atoms with van der Waals surface area (Å²) in [5, 5.41) is 0. The van der Waals surface area contributed by atoms with Gasteiger partial charge in [-0.2, -0.15) is 0 Å². The molecule has 8 aromatic carbocycles. The number of rotatable bonds is 13. The van der Waals surface area contributed by atoms with Gasteiger partial charge in [-0.05, 0) is 178 Å². The van der Waals surface area contributed by atoms with E-state index >= 15 is 0 Å². The molecule has 0 amide bonds. The fraction of sp³-hybridized carbons (Fsp3) is 0.172. The summed E-state index contributed by atoms with van der Waals surface area (Å²) in [6.07, 6.45) is 1.02. The van der Waals surface area contributed by atoms with Crippen LogP contribution in [0.2, 0.25) is 0 Å². The first-order valence-corrected chi connectivity index (χ1v) is 21.7. The molecule has 9 rings (SSSR count). The van der Waals surface area contributed by atoms with E-state index in [0.717, 1.165) is 63.5 Å². The van der Waals surface area contributed by atoms with E-state index in [1.807, 2.05) is 48.5 Å². The zero-order valence-corrected chi connectivity index (χ0v) is 37.6. The lowest BCUT2D eigenvalue weighted by Crippen LogP contribution is -2.23.